The predicted molar refractivity (Wildman–Crippen MR) is 67.4 cm³/mol. The van der Waals surface area contributed by atoms with Crippen LogP contribution in [0.3, 0.4) is 0 Å². The van der Waals surface area contributed by atoms with Gasteiger partial charge in [-0.3, -0.25) is 14.8 Å². The Balaban J connectivity index is 0.000000153. The van der Waals surface area contributed by atoms with E-state index >= 15 is 0 Å². The molecule has 5 nitrogen and oxygen atoms in total. The molecular formula is C12H12N4O. The van der Waals surface area contributed by atoms with Crippen LogP contribution < -0.4 is 10.9 Å². The van der Waals surface area contributed by atoms with E-state index in [1.54, 1.807) is 24.7 Å². The molecule has 2 aromatic heterocycles. The van der Waals surface area contributed by atoms with Gasteiger partial charge in [-0.15, -0.1) is 0 Å². The van der Waals surface area contributed by atoms with Crippen molar-refractivity contribution < 1.29 is 0 Å². The highest BCUT2D eigenvalue weighted by molar-refractivity contribution is 5.87. The number of hydrogen-bond donors (Lipinski definition) is 2. The van der Waals surface area contributed by atoms with Gasteiger partial charge in [-0.05, 0) is 18.2 Å². The second kappa shape index (κ2) is 5.60. The molecule has 0 saturated heterocycles. The minimum Gasteiger partial charge on any atom is -0.352 e. The Morgan fingerprint density at radius 3 is 2.59 bits per heavy atom. The number of rotatable bonds is 0. The summed E-state index contributed by atoms with van der Waals surface area (Å²) in [5.41, 5.74) is 0.836. The fraction of sp³-hybridized carbons (Fsp3) is 0.0833. The third kappa shape index (κ3) is 3.27. The first-order valence-electron chi connectivity index (χ1n) is 5.18. The van der Waals surface area contributed by atoms with Crippen molar-refractivity contribution in [3.8, 4) is 0 Å². The zero-order valence-electron chi connectivity index (χ0n) is 9.13. The zero-order valence-corrected chi connectivity index (χ0v) is 9.13. The quantitative estimate of drug-likeness (QED) is 0.713. The van der Waals surface area contributed by atoms with Crippen molar-refractivity contribution in [2.75, 3.05) is 12.0 Å². The zero-order chi connectivity index (χ0) is 11.9. The van der Waals surface area contributed by atoms with Crippen molar-refractivity contribution in [1.82, 2.24) is 9.97 Å². The normalized spacial score (nSPS) is 11.8. The molecule has 1 aliphatic heterocycles. The number of aromatic amines is 1. The molecule has 0 unspecified atom stereocenters. The van der Waals surface area contributed by atoms with Crippen molar-refractivity contribution >= 4 is 12.0 Å². The van der Waals surface area contributed by atoms with E-state index in [9.17, 15) is 4.79 Å². The largest absolute Gasteiger partial charge is 0.352 e. The fourth-order valence-electron chi connectivity index (χ4n) is 1.32. The van der Waals surface area contributed by atoms with Crippen molar-refractivity contribution in [1.29, 1.82) is 0 Å². The molecule has 0 saturated carbocycles. The van der Waals surface area contributed by atoms with Gasteiger partial charge in [0, 0.05) is 30.2 Å². The number of nitrogens with zero attached hydrogens (tertiary/aromatic N) is 2. The molecule has 3 heterocycles. The van der Waals surface area contributed by atoms with E-state index in [0.717, 1.165) is 11.4 Å². The molecule has 3 rings (SSSR count). The van der Waals surface area contributed by atoms with E-state index in [-0.39, 0.29) is 5.56 Å². The summed E-state index contributed by atoms with van der Waals surface area (Å²) < 4.78 is 0. The molecule has 1 aliphatic rings. The van der Waals surface area contributed by atoms with Crippen molar-refractivity contribution in [2.45, 2.75) is 0 Å². The lowest BCUT2D eigenvalue weighted by atomic mass is 10.2. The Morgan fingerprint density at radius 2 is 1.94 bits per heavy atom. The van der Waals surface area contributed by atoms with E-state index < -0.39 is 0 Å². The highest BCUT2D eigenvalue weighted by atomic mass is 16.1. The van der Waals surface area contributed by atoms with Gasteiger partial charge in [0.05, 0.1) is 0 Å². The molecule has 2 aromatic rings. The second-order valence-electron chi connectivity index (χ2n) is 3.32. The van der Waals surface area contributed by atoms with Gasteiger partial charge >= 0.3 is 0 Å². The van der Waals surface area contributed by atoms with E-state index in [1.807, 2.05) is 18.2 Å². The van der Waals surface area contributed by atoms with Crippen LogP contribution >= 0.6 is 0 Å². The number of nitrogens with one attached hydrogen (secondary N) is 2. The summed E-state index contributed by atoms with van der Waals surface area (Å²) in [6.45, 7) is 0.535. The minimum atomic E-state index is -0.0912. The summed E-state index contributed by atoms with van der Waals surface area (Å²) >= 11 is 0. The van der Waals surface area contributed by atoms with Gasteiger partial charge < -0.3 is 10.3 Å². The van der Waals surface area contributed by atoms with E-state index in [0.29, 0.717) is 6.67 Å². The Morgan fingerprint density at radius 1 is 1.12 bits per heavy atom. The molecule has 86 valence electrons. The first-order valence-corrected chi connectivity index (χ1v) is 5.18. The maximum atomic E-state index is 10.8. The van der Waals surface area contributed by atoms with Gasteiger partial charge in [-0.25, -0.2) is 0 Å². The lowest BCUT2D eigenvalue weighted by Crippen LogP contribution is -2.15. The average Bonchev–Trinajstić information content (AvgIpc) is 2.41. The van der Waals surface area contributed by atoms with Gasteiger partial charge in [0.25, 0.3) is 0 Å². The smallest absolute Gasteiger partial charge is 0.249 e. The SMILES string of the molecule is O=c1ccc2c([nH]1)NCN=C2.c1ccncc1. The Hall–Kier alpha value is -2.43. The van der Waals surface area contributed by atoms with Crippen LogP contribution in [0.4, 0.5) is 5.82 Å². The molecule has 0 atom stereocenters. The van der Waals surface area contributed by atoms with Crippen LogP contribution in [0, 0.1) is 0 Å². The molecule has 0 aliphatic carbocycles. The number of H-pyrrole nitrogens is 1. The molecule has 0 fully saturated rings. The minimum absolute atomic E-state index is 0.0912. The topological polar surface area (TPSA) is 70.1 Å². The maximum absolute atomic E-state index is 10.8. The summed E-state index contributed by atoms with van der Waals surface area (Å²) in [6, 6.07) is 8.94. The van der Waals surface area contributed by atoms with Gasteiger partial charge in [0.2, 0.25) is 5.56 Å². The lowest BCUT2D eigenvalue weighted by Gasteiger charge is -2.10. The fourth-order valence-corrected chi connectivity index (χ4v) is 1.32. The van der Waals surface area contributed by atoms with Crippen molar-refractivity contribution in [2.24, 2.45) is 4.99 Å². The molecule has 0 amide bonds. The van der Waals surface area contributed by atoms with Crippen molar-refractivity contribution in [3.63, 3.8) is 0 Å². The summed E-state index contributed by atoms with van der Waals surface area (Å²) in [4.78, 5) is 21.2. The summed E-state index contributed by atoms with van der Waals surface area (Å²) in [5.74, 6) is 0.757. The summed E-state index contributed by atoms with van der Waals surface area (Å²) in [5, 5.41) is 2.95. The molecule has 0 spiro atoms. The van der Waals surface area contributed by atoms with Gasteiger partial charge in [-0.1, -0.05) is 6.07 Å². The Kier molecular flexibility index (Phi) is 3.64. The number of aromatic nitrogens is 2. The monoisotopic (exact) mass is 228 g/mol. The molecular weight excluding hydrogens is 216 g/mol. The highest BCUT2D eigenvalue weighted by Crippen LogP contribution is 2.08. The number of hydrogen-bond acceptors (Lipinski definition) is 4. The van der Waals surface area contributed by atoms with Crippen LogP contribution in [0.1, 0.15) is 5.56 Å². The van der Waals surface area contributed by atoms with Crippen LogP contribution in [0.15, 0.2) is 52.5 Å². The van der Waals surface area contributed by atoms with E-state index in [4.69, 9.17) is 0 Å². The molecule has 5 heteroatoms. The third-order valence-electron chi connectivity index (χ3n) is 2.10. The average molecular weight is 228 g/mol. The molecule has 0 aromatic carbocycles. The van der Waals surface area contributed by atoms with Gasteiger partial charge in [0.15, 0.2) is 0 Å². The third-order valence-corrected chi connectivity index (χ3v) is 2.10. The Bertz CT molecular complexity index is 521. The van der Waals surface area contributed by atoms with Crippen LogP contribution in [0.5, 0.6) is 0 Å². The first-order chi connectivity index (χ1) is 8.36. The summed E-state index contributed by atoms with van der Waals surface area (Å²) in [6.07, 6.45) is 5.24. The molecule has 2 N–H and O–H groups in total. The van der Waals surface area contributed by atoms with Crippen LogP contribution in [-0.2, 0) is 0 Å². The first kappa shape index (κ1) is 11.1. The standard InChI is InChI=1S/C7H7N3O.C5H5N/c11-6-2-1-5-3-8-4-9-7(5)10-6;1-2-4-6-5-3-1/h1-3H,4H2,(H2,9,10,11);1-5H. The van der Waals surface area contributed by atoms with Gasteiger partial charge in [0.1, 0.15) is 12.5 Å². The second-order valence-corrected chi connectivity index (χ2v) is 3.32. The number of aliphatic imine (C=N–C) groups is 1. The maximum Gasteiger partial charge on any atom is 0.249 e. The molecule has 0 radical (unpaired) electrons. The van der Waals surface area contributed by atoms with E-state index in [1.165, 1.54) is 6.07 Å². The van der Waals surface area contributed by atoms with Gasteiger partial charge in [-0.2, -0.15) is 0 Å². The summed E-state index contributed by atoms with van der Waals surface area (Å²) in [7, 11) is 0. The van der Waals surface area contributed by atoms with E-state index in [2.05, 4.69) is 20.3 Å². The van der Waals surface area contributed by atoms with Crippen molar-refractivity contribution in [3.05, 3.63) is 58.6 Å². The predicted octanol–water partition coefficient (Wildman–Crippen LogP) is 1.26. The van der Waals surface area contributed by atoms with Crippen LogP contribution in [0.25, 0.3) is 0 Å². The molecule has 0 bridgehead atoms. The molecule has 17 heavy (non-hydrogen) atoms. The number of pyridine rings is 2. The van der Waals surface area contributed by atoms with Crippen LogP contribution in [-0.4, -0.2) is 22.9 Å². The number of fused-ring (bicyclic) bond motifs is 1. The lowest BCUT2D eigenvalue weighted by molar-refractivity contribution is 1.07. The van der Waals surface area contributed by atoms with Crippen LogP contribution in [0.2, 0.25) is 0 Å². The highest BCUT2D eigenvalue weighted by Gasteiger charge is 2.02. The number of anilines is 1. The Labute approximate surface area is 98.3 Å².